The minimum Gasteiger partial charge on any atom is -0.339 e. The predicted molar refractivity (Wildman–Crippen MR) is 74.4 cm³/mol. The number of halogens is 1. The van der Waals surface area contributed by atoms with Gasteiger partial charge >= 0.3 is 0 Å². The van der Waals surface area contributed by atoms with Crippen molar-refractivity contribution in [1.82, 2.24) is 9.88 Å². The molecule has 1 aromatic carbocycles. The van der Waals surface area contributed by atoms with E-state index in [2.05, 4.69) is 20.9 Å². The Kier molecular flexibility index (Phi) is 3.69. The van der Waals surface area contributed by atoms with Gasteiger partial charge in [0, 0.05) is 41.2 Å². The monoisotopic (exact) mass is 310 g/mol. The quantitative estimate of drug-likeness (QED) is 0.752. The first-order valence-electron chi connectivity index (χ1n) is 5.00. The summed E-state index contributed by atoms with van der Waals surface area (Å²) in [5, 5.41) is 2.07. The van der Waals surface area contributed by atoms with Crippen LogP contribution >= 0.6 is 27.7 Å². The number of aromatic nitrogens is 1. The molecule has 0 aliphatic carbocycles. The van der Waals surface area contributed by atoms with E-state index in [0.717, 1.165) is 20.1 Å². The Morgan fingerprint density at radius 3 is 2.82 bits per heavy atom. The van der Waals surface area contributed by atoms with Crippen molar-refractivity contribution < 1.29 is 4.79 Å². The third-order valence-corrected chi connectivity index (χ3v) is 3.83. The van der Waals surface area contributed by atoms with Crippen LogP contribution in [0.15, 0.2) is 40.0 Å². The van der Waals surface area contributed by atoms with Crippen molar-refractivity contribution >= 4 is 43.7 Å². The molecule has 17 heavy (non-hydrogen) atoms. The van der Waals surface area contributed by atoms with Crippen LogP contribution in [0.1, 0.15) is 0 Å². The van der Waals surface area contributed by atoms with Gasteiger partial charge in [-0.2, -0.15) is 0 Å². The van der Waals surface area contributed by atoms with Gasteiger partial charge in [0.25, 0.3) is 5.24 Å². The lowest BCUT2D eigenvalue weighted by atomic mass is 10.2. The second-order valence-electron chi connectivity index (χ2n) is 3.77. The largest absolute Gasteiger partial charge is 0.339 e. The molecule has 1 aromatic heterocycles. The summed E-state index contributed by atoms with van der Waals surface area (Å²) in [5.41, 5.74) is 0. The molecule has 0 spiro atoms. The molecule has 0 N–H and O–H groups in total. The second-order valence-corrected chi connectivity index (χ2v) is 5.67. The van der Waals surface area contributed by atoms with Crippen LogP contribution in [0.4, 0.5) is 4.79 Å². The number of carbonyl (C=O) groups is 1. The molecule has 2 rings (SSSR count). The summed E-state index contributed by atoms with van der Waals surface area (Å²) >= 11 is 4.62. The minimum absolute atomic E-state index is 0.00205. The molecule has 3 nitrogen and oxygen atoms in total. The maximum atomic E-state index is 11.7. The molecule has 0 saturated heterocycles. The average Bonchev–Trinajstić information content (AvgIpc) is 2.28. The molecule has 1 heterocycles. The van der Waals surface area contributed by atoms with Crippen molar-refractivity contribution in [1.29, 1.82) is 0 Å². The lowest BCUT2D eigenvalue weighted by Gasteiger charge is -2.10. The van der Waals surface area contributed by atoms with Crippen molar-refractivity contribution in [2.45, 2.75) is 4.90 Å². The molecule has 5 heteroatoms. The summed E-state index contributed by atoms with van der Waals surface area (Å²) in [6.07, 6.45) is 3.52. The zero-order valence-corrected chi connectivity index (χ0v) is 11.9. The number of carbonyl (C=O) groups excluding carboxylic acids is 1. The van der Waals surface area contributed by atoms with Gasteiger partial charge in [-0.05, 0) is 29.3 Å². The van der Waals surface area contributed by atoms with Crippen molar-refractivity contribution in [2.24, 2.45) is 0 Å². The van der Waals surface area contributed by atoms with E-state index in [0.29, 0.717) is 0 Å². The molecular weight excluding hydrogens is 300 g/mol. The van der Waals surface area contributed by atoms with Crippen LogP contribution in [0.2, 0.25) is 0 Å². The summed E-state index contributed by atoms with van der Waals surface area (Å²) in [4.78, 5) is 18.3. The Balaban J connectivity index is 2.44. The third kappa shape index (κ3) is 2.79. The molecule has 0 aliphatic rings. The number of fused-ring (bicyclic) bond motifs is 1. The zero-order valence-electron chi connectivity index (χ0n) is 9.48. The van der Waals surface area contributed by atoms with E-state index >= 15 is 0 Å². The Hall–Kier alpha value is -1.07. The Labute approximate surface area is 112 Å². The molecule has 88 valence electrons. The SMILES string of the molecule is CN(C)C(=O)Sc1cncc2cc(Br)ccc12. The molecular formula is C12H11BrN2OS. The first-order valence-corrected chi connectivity index (χ1v) is 6.61. The van der Waals surface area contributed by atoms with Gasteiger partial charge in [0.05, 0.1) is 0 Å². The van der Waals surface area contributed by atoms with Gasteiger partial charge in [0.1, 0.15) is 0 Å². The van der Waals surface area contributed by atoms with Gasteiger partial charge in [-0.3, -0.25) is 9.78 Å². The van der Waals surface area contributed by atoms with Crippen LogP contribution in [0, 0.1) is 0 Å². The predicted octanol–water partition coefficient (Wildman–Crippen LogP) is 3.77. The van der Waals surface area contributed by atoms with E-state index in [1.54, 1.807) is 31.4 Å². The van der Waals surface area contributed by atoms with Crippen LogP contribution in [0.25, 0.3) is 10.8 Å². The van der Waals surface area contributed by atoms with Crippen molar-refractivity contribution in [2.75, 3.05) is 14.1 Å². The Bertz CT molecular complexity index is 571. The van der Waals surface area contributed by atoms with E-state index in [4.69, 9.17) is 0 Å². The van der Waals surface area contributed by atoms with Gasteiger partial charge < -0.3 is 4.90 Å². The fraction of sp³-hybridized carbons (Fsp3) is 0.167. The van der Waals surface area contributed by atoms with Crippen LogP contribution in [0.5, 0.6) is 0 Å². The minimum atomic E-state index is 0.00205. The van der Waals surface area contributed by atoms with E-state index in [-0.39, 0.29) is 5.24 Å². The van der Waals surface area contributed by atoms with Crippen LogP contribution in [0.3, 0.4) is 0 Å². The average molecular weight is 311 g/mol. The van der Waals surface area contributed by atoms with E-state index in [9.17, 15) is 4.79 Å². The summed E-state index contributed by atoms with van der Waals surface area (Å²) in [6.45, 7) is 0. The highest BCUT2D eigenvalue weighted by atomic mass is 79.9. The molecule has 0 atom stereocenters. The van der Waals surface area contributed by atoms with Gasteiger partial charge in [-0.25, -0.2) is 0 Å². The molecule has 0 radical (unpaired) electrons. The van der Waals surface area contributed by atoms with Crippen molar-refractivity contribution in [3.8, 4) is 0 Å². The van der Waals surface area contributed by atoms with Crippen LogP contribution < -0.4 is 0 Å². The Morgan fingerprint density at radius 2 is 2.12 bits per heavy atom. The first kappa shape index (κ1) is 12.4. The Morgan fingerprint density at radius 1 is 1.35 bits per heavy atom. The van der Waals surface area contributed by atoms with Gasteiger partial charge in [-0.15, -0.1) is 0 Å². The van der Waals surface area contributed by atoms with Crippen LogP contribution in [-0.4, -0.2) is 29.2 Å². The number of thioether (sulfide) groups is 1. The van der Waals surface area contributed by atoms with Gasteiger partial charge in [0.2, 0.25) is 0 Å². The molecule has 1 amide bonds. The fourth-order valence-corrected chi connectivity index (χ4v) is 2.55. The third-order valence-electron chi connectivity index (χ3n) is 2.25. The molecule has 0 fully saturated rings. The van der Waals surface area contributed by atoms with E-state index in [1.165, 1.54) is 11.8 Å². The summed E-state index contributed by atoms with van der Waals surface area (Å²) < 4.78 is 1.01. The summed E-state index contributed by atoms with van der Waals surface area (Å²) in [5.74, 6) is 0. The van der Waals surface area contributed by atoms with Crippen molar-refractivity contribution in [3.05, 3.63) is 35.1 Å². The highest BCUT2D eigenvalue weighted by Gasteiger charge is 2.10. The molecule has 2 aromatic rings. The van der Waals surface area contributed by atoms with Gasteiger partial charge in [-0.1, -0.05) is 22.0 Å². The number of amides is 1. The lowest BCUT2D eigenvalue weighted by molar-refractivity contribution is 0.241. The van der Waals surface area contributed by atoms with Crippen LogP contribution in [-0.2, 0) is 0 Å². The number of nitrogens with zero attached hydrogens (tertiary/aromatic N) is 2. The zero-order chi connectivity index (χ0) is 12.4. The van der Waals surface area contributed by atoms with Gasteiger partial charge in [0.15, 0.2) is 0 Å². The lowest BCUT2D eigenvalue weighted by Crippen LogP contribution is -2.16. The molecule has 0 aliphatic heterocycles. The second kappa shape index (κ2) is 5.06. The number of hydrogen-bond donors (Lipinski definition) is 0. The number of benzene rings is 1. The topological polar surface area (TPSA) is 33.2 Å². The maximum Gasteiger partial charge on any atom is 0.286 e. The fourth-order valence-electron chi connectivity index (χ4n) is 1.39. The normalized spacial score (nSPS) is 10.5. The van der Waals surface area contributed by atoms with E-state index in [1.807, 2.05) is 18.2 Å². The van der Waals surface area contributed by atoms with Crippen molar-refractivity contribution in [3.63, 3.8) is 0 Å². The molecule has 0 bridgehead atoms. The standard InChI is InChI=1S/C12H11BrN2OS/c1-15(2)12(16)17-11-7-14-6-8-5-9(13)3-4-10(8)11/h3-7H,1-2H3. The maximum absolute atomic E-state index is 11.7. The number of rotatable bonds is 1. The highest BCUT2D eigenvalue weighted by Crippen LogP contribution is 2.29. The summed E-state index contributed by atoms with van der Waals surface area (Å²) in [6, 6.07) is 5.95. The van der Waals surface area contributed by atoms with E-state index < -0.39 is 0 Å². The highest BCUT2D eigenvalue weighted by molar-refractivity contribution is 9.10. The smallest absolute Gasteiger partial charge is 0.286 e. The summed E-state index contributed by atoms with van der Waals surface area (Å²) in [7, 11) is 3.48. The number of pyridine rings is 1. The molecule has 0 saturated carbocycles. The number of hydrogen-bond acceptors (Lipinski definition) is 3. The first-order chi connectivity index (χ1) is 8.08. The molecule has 0 unspecified atom stereocenters.